The Morgan fingerprint density at radius 3 is 2.14 bits per heavy atom. The largest absolute Gasteiger partial charge is 0.416 e. The number of carbonyl (C=O) groups is 1. The lowest BCUT2D eigenvalue weighted by atomic mass is 10.1. The molecule has 1 atom stereocenters. The van der Waals surface area contributed by atoms with Crippen LogP contribution in [-0.2, 0) is 17.5 Å². The Labute approximate surface area is 164 Å². The number of benzene rings is 2. The monoisotopic (exact) mass is 393 g/mol. The number of nitrogens with zero attached hydrogens (tertiary/aromatic N) is 2. The maximum atomic E-state index is 12.6. The average Bonchev–Trinajstić information content (AvgIpc) is 2.62. The van der Waals surface area contributed by atoms with Crippen LogP contribution in [0.4, 0.5) is 13.2 Å². The molecule has 2 aromatic carbocycles. The van der Waals surface area contributed by atoms with Crippen molar-refractivity contribution in [2.75, 3.05) is 34.2 Å². The maximum Gasteiger partial charge on any atom is 0.416 e. The Balaban J connectivity index is 1.85. The molecule has 1 unspecified atom stereocenters. The van der Waals surface area contributed by atoms with Crippen LogP contribution in [0, 0.1) is 0 Å². The minimum atomic E-state index is -4.34. The molecule has 2 aromatic rings. The molecule has 0 aliphatic rings. The minimum absolute atomic E-state index is 0.0605. The summed E-state index contributed by atoms with van der Waals surface area (Å²) < 4.78 is 37.9. The lowest BCUT2D eigenvalue weighted by Gasteiger charge is -2.25. The topological polar surface area (TPSA) is 35.6 Å². The molecule has 2 rings (SSSR count). The normalized spacial score (nSPS) is 13.0. The molecule has 1 N–H and O–H groups in total. The molecule has 4 nitrogen and oxygen atoms in total. The summed E-state index contributed by atoms with van der Waals surface area (Å²) in [6.45, 7) is 1.03. The highest BCUT2D eigenvalue weighted by Gasteiger charge is 2.29. The van der Waals surface area contributed by atoms with Crippen molar-refractivity contribution in [1.29, 1.82) is 0 Å². The predicted octanol–water partition coefficient (Wildman–Crippen LogP) is 3.56. The minimum Gasteiger partial charge on any atom is -0.353 e. The first kappa shape index (κ1) is 21.9. The first-order valence-electron chi connectivity index (χ1n) is 8.99. The van der Waals surface area contributed by atoms with E-state index in [0.717, 1.165) is 23.3 Å². The number of rotatable bonds is 8. The second-order valence-electron chi connectivity index (χ2n) is 7.06. The summed E-state index contributed by atoms with van der Waals surface area (Å²) in [5.74, 6) is -0.128. The summed E-state index contributed by atoms with van der Waals surface area (Å²) in [7, 11) is 5.68. The predicted molar refractivity (Wildman–Crippen MR) is 104 cm³/mol. The van der Waals surface area contributed by atoms with Gasteiger partial charge in [-0.2, -0.15) is 13.2 Å². The fourth-order valence-corrected chi connectivity index (χ4v) is 2.95. The summed E-state index contributed by atoms with van der Waals surface area (Å²) in [5.41, 5.74) is 1.16. The van der Waals surface area contributed by atoms with Crippen LogP contribution in [0.5, 0.6) is 0 Å². The Bertz CT molecular complexity index is 746. The third-order valence-electron chi connectivity index (χ3n) is 4.45. The van der Waals surface area contributed by atoms with Gasteiger partial charge in [0.05, 0.1) is 18.2 Å². The third-order valence-corrected chi connectivity index (χ3v) is 4.45. The first-order valence-corrected chi connectivity index (χ1v) is 8.99. The summed E-state index contributed by atoms with van der Waals surface area (Å²) >= 11 is 0. The smallest absolute Gasteiger partial charge is 0.353 e. The van der Waals surface area contributed by atoms with Gasteiger partial charge in [0.25, 0.3) is 0 Å². The highest BCUT2D eigenvalue weighted by atomic mass is 19.4. The van der Waals surface area contributed by atoms with Gasteiger partial charge in [0.1, 0.15) is 0 Å². The molecule has 0 spiro atoms. The number of hydrogen-bond donors (Lipinski definition) is 1. The van der Waals surface area contributed by atoms with Crippen LogP contribution in [0.2, 0.25) is 0 Å². The molecule has 0 radical (unpaired) electrons. The molecular weight excluding hydrogens is 367 g/mol. The quantitative estimate of drug-likeness (QED) is 0.745. The van der Waals surface area contributed by atoms with Gasteiger partial charge >= 0.3 is 6.18 Å². The SMILES string of the molecule is CN(CC(=O)NCC(c1ccccc1)N(C)C)Cc1ccc(C(F)(F)F)cc1. The van der Waals surface area contributed by atoms with E-state index in [2.05, 4.69) is 5.32 Å². The number of carbonyl (C=O) groups excluding carboxylic acids is 1. The standard InChI is InChI=1S/C21H26F3N3O/c1-26(2)19(17-7-5-4-6-8-17)13-25-20(28)15-27(3)14-16-9-11-18(12-10-16)21(22,23)24/h4-12,19H,13-15H2,1-3H3,(H,25,28). The van der Waals surface area contributed by atoms with Crippen molar-refractivity contribution in [2.45, 2.75) is 18.8 Å². The zero-order chi connectivity index (χ0) is 20.7. The van der Waals surface area contributed by atoms with Crippen molar-refractivity contribution in [3.05, 3.63) is 71.3 Å². The lowest BCUT2D eigenvalue weighted by Crippen LogP contribution is -2.39. The number of likely N-dealkylation sites (N-methyl/N-ethyl adjacent to an activating group) is 2. The van der Waals surface area contributed by atoms with Gasteiger partial charge in [-0.1, -0.05) is 42.5 Å². The van der Waals surface area contributed by atoms with E-state index in [1.165, 1.54) is 12.1 Å². The van der Waals surface area contributed by atoms with Crippen LogP contribution in [0.3, 0.4) is 0 Å². The van der Waals surface area contributed by atoms with Gasteiger partial charge in [0.2, 0.25) is 5.91 Å². The summed E-state index contributed by atoms with van der Waals surface area (Å²) in [6.07, 6.45) is -4.34. The Morgan fingerprint density at radius 1 is 1.00 bits per heavy atom. The maximum absolute atomic E-state index is 12.6. The highest BCUT2D eigenvalue weighted by molar-refractivity contribution is 5.78. The third kappa shape index (κ3) is 6.65. The second-order valence-corrected chi connectivity index (χ2v) is 7.06. The fourth-order valence-electron chi connectivity index (χ4n) is 2.95. The molecule has 0 aliphatic carbocycles. The van der Waals surface area contributed by atoms with E-state index in [0.29, 0.717) is 13.1 Å². The van der Waals surface area contributed by atoms with Crippen molar-refractivity contribution in [3.63, 3.8) is 0 Å². The lowest BCUT2D eigenvalue weighted by molar-refractivity contribution is -0.137. The van der Waals surface area contributed by atoms with Gasteiger partial charge in [0, 0.05) is 13.1 Å². The van der Waals surface area contributed by atoms with Gasteiger partial charge in [-0.3, -0.25) is 9.69 Å². The van der Waals surface area contributed by atoms with Crippen molar-refractivity contribution < 1.29 is 18.0 Å². The van der Waals surface area contributed by atoms with Crippen LogP contribution in [-0.4, -0.2) is 49.9 Å². The average molecular weight is 393 g/mol. The molecule has 7 heteroatoms. The zero-order valence-corrected chi connectivity index (χ0v) is 16.3. The molecule has 0 aromatic heterocycles. The highest BCUT2D eigenvalue weighted by Crippen LogP contribution is 2.29. The van der Waals surface area contributed by atoms with E-state index in [4.69, 9.17) is 0 Å². The van der Waals surface area contributed by atoms with Crippen LogP contribution >= 0.6 is 0 Å². The second kappa shape index (κ2) is 9.71. The molecule has 0 fully saturated rings. The van der Waals surface area contributed by atoms with Gasteiger partial charge < -0.3 is 10.2 Å². The van der Waals surface area contributed by atoms with E-state index in [-0.39, 0.29) is 18.5 Å². The molecule has 0 bridgehead atoms. The van der Waals surface area contributed by atoms with Crippen LogP contribution < -0.4 is 5.32 Å². The molecule has 0 saturated heterocycles. The number of amides is 1. The van der Waals surface area contributed by atoms with Gasteiger partial charge in [-0.25, -0.2) is 0 Å². The molecule has 0 saturated carbocycles. The van der Waals surface area contributed by atoms with E-state index in [1.54, 1.807) is 11.9 Å². The Kier molecular flexibility index (Phi) is 7.60. The number of nitrogens with one attached hydrogen (secondary N) is 1. The van der Waals surface area contributed by atoms with E-state index in [1.807, 2.05) is 49.3 Å². The molecule has 152 valence electrons. The van der Waals surface area contributed by atoms with Crippen molar-refractivity contribution in [1.82, 2.24) is 15.1 Å². The Morgan fingerprint density at radius 2 is 1.61 bits per heavy atom. The molecule has 1 amide bonds. The van der Waals surface area contributed by atoms with E-state index >= 15 is 0 Å². The van der Waals surface area contributed by atoms with Crippen LogP contribution in [0.15, 0.2) is 54.6 Å². The molecule has 28 heavy (non-hydrogen) atoms. The molecule has 0 heterocycles. The van der Waals surface area contributed by atoms with Crippen LogP contribution in [0.25, 0.3) is 0 Å². The van der Waals surface area contributed by atoms with E-state index < -0.39 is 11.7 Å². The summed E-state index contributed by atoms with van der Waals surface area (Å²) in [6, 6.07) is 15.0. The van der Waals surface area contributed by atoms with Crippen molar-refractivity contribution in [3.8, 4) is 0 Å². The van der Waals surface area contributed by atoms with Crippen molar-refractivity contribution >= 4 is 5.91 Å². The fraction of sp³-hybridized carbons (Fsp3) is 0.381. The van der Waals surface area contributed by atoms with Crippen molar-refractivity contribution in [2.24, 2.45) is 0 Å². The summed E-state index contributed by atoms with van der Waals surface area (Å²) in [5, 5.41) is 2.94. The molecule has 0 aliphatic heterocycles. The first-order chi connectivity index (χ1) is 13.2. The van der Waals surface area contributed by atoms with E-state index in [9.17, 15) is 18.0 Å². The van der Waals surface area contributed by atoms with Gasteiger partial charge in [-0.15, -0.1) is 0 Å². The number of hydrogen-bond acceptors (Lipinski definition) is 3. The number of halogens is 3. The zero-order valence-electron chi connectivity index (χ0n) is 16.3. The summed E-state index contributed by atoms with van der Waals surface area (Å²) in [4.78, 5) is 16.1. The number of alkyl halides is 3. The van der Waals surface area contributed by atoms with Gasteiger partial charge in [-0.05, 0) is 44.4 Å². The van der Waals surface area contributed by atoms with Crippen LogP contribution in [0.1, 0.15) is 22.7 Å². The van der Waals surface area contributed by atoms with Gasteiger partial charge in [0.15, 0.2) is 0 Å². The Hall–Kier alpha value is -2.38. The molecular formula is C21H26F3N3O.